The number of carbonyl (C=O) groups is 5. The maximum atomic E-state index is 10.5. The molecule has 2 rings (SSSR count). The van der Waals surface area contributed by atoms with Gasteiger partial charge in [0.25, 0.3) is 0 Å². The molecule has 0 aromatic heterocycles. The third-order valence-corrected chi connectivity index (χ3v) is 3.04. The Kier molecular flexibility index (Phi) is 60.5. The average molecular weight is 577 g/mol. The minimum atomic E-state index is -0.190. The molecule has 0 bridgehead atoms. The second-order valence-electron chi connectivity index (χ2n) is 7.90. The maximum absolute atomic E-state index is 10.5. The molecule has 0 unspecified atom stereocenters. The van der Waals surface area contributed by atoms with Gasteiger partial charge in [0, 0.05) is 26.4 Å². The van der Waals surface area contributed by atoms with E-state index in [1.807, 2.05) is 107 Å². The second kappa shape index (κ2) is 49.3. The zero-order valence-electron chi connectivity index (χ0n) is 28.0. The lowest BCUT2D eigenvalue weighted by Gasteiger charge is -1.96. The lowest BCUT2D eigenvalue weighted by Crippen LogP contribution is -2.24. The van der Waals surface area contributed by atoms with Crippen molar-refractivity contribution in [1.29, 1.82) is 0 Å². The van der Waals surface area contributed by atoms with Gasteiger partial charge in [-0.2, -0.15) is 0 Å². The number of ketones is 3. The SMILES string of the molecule is CC.CC(C)=O.CCC.CCC(C)=O.CCNC(=O)CC(C)=O.CCNC(C)=O.c1ccccc1.c1ccccc1. The van der Waals surface area contributed by atoms with E-state index < -0.39 is 0 Å². The first-order chi connectivity index (χ1) is 19.4. The molecule has 7 nitrogen and oxygen atoms in total. The van der Waals surface area contributed by atoms with Crippen LogP contribution >= 0.6 is 0 Å². The van der Waals surface area contributed by atoms with Crippen molar-refractivity contribution in [2.75, 3.05) is 13.1 Å². The largest absolute Gasteiger partial charge is 0.357 e. The van der Waals surface area contributed by atoms with Crippen molar-refractivity contribution in [3.05, 3.63) is 72.8 Å². The van der Waals surface area contributed by atoms with E-state index in [-0.39, 0.29) is 35.6 Å². The van der Waals surface area contributed by atoms with Crippen molar-refractivity contribution in [3.63, 3.8) is 0 Å². The molecule has 0 aliphatic heterocycles. The van der Waals surface area contributed by atoms with Crippen molar-refractivity contribution in [2.45, 2.75) is 102 Å². The first-order valence-electron chi connectivity index (χ1n) is 14.3. The Morgan fingerprint density at radius 1 is 0.488 bits per heavy atom. The molecule has 2 amide bonds. The van der Waals surface area contributed by atoms with Crippen LogP contribution in [0.25, 0.3) is 0 Å². The van der Waals surface area contributed by atoms with Gasteiger partial charge in [-0.3, -0.25) is 14.4 Å². The van der Waals surface area contributed by atoms with Crippen molar-refractivity contribution >= 4 is 29.2 Å². The van der Waals surface area contributed by atoms with E-state index in [1.54, 1.807) is 6.92 Å². The Bertz CT molecular complexity index is 706. The van der Waals surface area contributed by atoms with E-state index in [2.05, 4.69) is 24.5 Å². The zero-order valence-corrected chi connectivity index (χ0v) is 28.0. The first kappa shape index (κ1) is 50.3. The number of carbonyl (C=O) groups excluding carboxylic acids is 5. The van der Waals surface area contributed by atoms with Gasteiger partial charge in [0.15, 0.2) is 0 Å². The van der Waals surface area contributed by atoms with Crippen LogP contribution in [0.1, 0.15) is 102 Å². The van der Waals surface area contributed by atoms with E-state index in [4.69, 9.17) is 0 Å². The third kappa shape index (κ3) is 104. The highest BCUT2D eigenvalue weighted by atomic mass is 16.2. The molecule has 2 aromatic carbocycles. The molecule has 0 aliphatic carbocycles. The average Bonchev–Trinajstić information content (AvgIpc) is 2.93. The summed E-state index contributed by atoms with van der Waals surface area (Å²) >= 11 is 0. The van der Waals surface area contributed by atoms with Gasteiger partial charge in [-0.05, 0) is 41.5 Å². The van der Waals surface area contributed by atoms with Crippen LogP contribution in [0, 0.1) is 0 Å². The van der Waals surface area contributed by atoms with E-state index in [0.717, 1.165) is 6.54 Å². The van der Waals surface area contributed by atoms with Crippen LogP contribution in [0.4, 0.5) is 0 Å². The number of hydrogen-bond acceptors (Lipinski definition) is 5. The van der Waals surface area contributed by atoms with Gasteiger partial charge in [-0.15, -0.1) is 0 Å². The molecule has 0 spiro atoms. The highest BCUT2D eigenvalue weighted by Crippen LogP contribution is 1.81. The van der Waals surface area contributed by atoms with Crippen molar-refractivity contribution in [3.8, 4) is 0 Å². The molecular formula is C34H60N2O5. The van der Waals surface area contributed by atoms with E-state index in [9.17, 15) is 24.0 Å². The summed E-state index contributed by atoms with van der Waals surface area (Å²) in [6.07, 6.45) is 1.92. The van der Waals surface area contributed by atoms with Gasteiger partial charge in [0.05, 0.1) is 6.42 Å². The molecule has 0 saturated carbocycles. The summed E-state index contributed by atoms with van der Waals surface area (Å²) in [6, 6.07) is 24.0. The number of hydrogen-bond donors (Lipinski definition) is 2. The Morgan fingerprint density at radius 3 is 0.805 bits per heavy atom. The topological polar surface area (TPSA) is 109 Å². The minimum absolute atomic E-state index is 0.00778. The number of rotatable bonds is 5. The lowest BCUT2D eigenvalue weighted by molar-refractivity contribution is -0.127. The Hall–Kier alpha value is -3.61. The number of Topliss-reactive ketones (excluding diaryl/α,β-unsaturated/α-hetero) is 3. The molecule has 236 valence electrons. The van der Waals surface area contributed by atoms with Crippen LogP contribution in [0.3, 0.4) is 0 Å². The summed E-state index contributed by atoms with van der Waals surface area (Å²) in [6.45, 7) is 22.7. The first-order valence-corrected chi connectivity index (χ1v) is 14.3. The Morgan fingerprint density at radius 2 is 0.707 bits per heavy atom. The molecule has 41 heavy (non-hydrogen) atoms. The third-order valence-electron chi connectivity index (χ3n) is 3.04. The van der Waals surface area contributed by atoms with Gasteiger partial charge >= 0.3 is 0 Å². The van der Waals surface area contributed by atoms with Crippen molar-refractivity contribution in [2.24, 2.45) is 0 Å². The summed E-state index contributed by atoms with van der Waals surface area (Å²) in [7, 11) is 0. The molecule has 7 heteroatoms. The van der Waals surface area contributed by atoms with Gasteiger partial charge in [0.2, 0.25) is 11.8 Å². The number of nitrogens with one attached hydrogen (secondary N) is 2. The van der Waals surface area contributed by atoms with Gasteiger partial charge < -0.3 is 20.2 Å². The van der Waals surface area contributed by atoms with Crippen molar-refractivity contribution < 1.29 is 24.0 Å². The van der Waals surface area contributed by atoms with Crippen LogP contribution in [-0.2, 0) is 24.0 Å². The fraction of sp³-hybridized carbons (Fsp3) is 0.500. The summed E-state index contributed by atoms with van der Waals surface area (Å²) in [4.78, 5) is 50.0. The van der Waals surface area contributed by atoms with Gasteiger partial charge in [0.1, 0.15) is 17.3 Å². The molecule has 0 saturated heterocycles. The molecule has 0 radical (unpaired) electrons. The standard InChI is InChI=1S/C6H11NO2.2C6H6.C4H9NO.C4H8O.C3H6O.C3H8.C2H6/c1-3-7-6(9)4-5(2)8;2*1-2-4-6-5-3-1;1-3-5-4(2)6;1-3-4(2)5;1-3(2)4;1-3-2;1-2/h3-4H2,1-2H3,(H,7,9);2*1-6H;3H2,1-2H3,(H,5,6);3H2,1-2H3;1-2H3;3H2,1-2H3;1-2H3. The molecule has 0 atom stereocenters. The van der Waals surface area contributed by atoms with Crippen molar-refractivity contribution in [1.82, 2.24) is 10.6 Å². The predicted molar refractivity (Wildman–Crippen MR) is 176 cm³/mol. The van der Waals surface area contributed by atoms with Crippen LogP contribution in [0.2, 0.25) is 0 Å². The van der Waals surface area contributed by atoms with Crippen LogP contribution in [-0.4, -0.2) is 42.3 Å². The quantitative estimate of drug-likeness (QED) is 0.356. The van der Waals surface area contributed by atoms with E-state index in [0.29, 0.717) is 13.0 Å². The highest BCUT2D eigenvalue weighted by Gasteiger charge is 2.00. The Labute approximate surface area is 251 Å². The van der Waals surface area contributed by atoms with Crippen LogP contribution in [0.15, 0.2) is 72.8 Å². The monoisotopic (exact) mass is 576 g/mol. The Balaban J connectivity index is -0.0000000880. The zero-order chi connectivity index (χ0) is 33.3. The molecule has 2 N–H and O–H groups in total. The predicted octanol–water partition coefficient (Wildman–Crippen LogP) is 7.64. The number of benzene rings is 2. The maximum Gasteiger partial charge on any atom is 0.227 e. The highest BCUT2D eigenvalue weighted by molar-refractivity contribution is 5.96. The lowest BCUT2D eigenvalue weighted by atomic mass is 10.3. The molecule has 0 heterocycles. The normalized spacial score (nSPS) is 7.51. The summed E-state index contributed by atoms with van der Waals surface area (Å²) in [5, 5.41) is 5.09. The minimum Gasteiger partial charge on any atom is -0.357 e. The molecule has 2 aromatic rings. The van der Waals surface area contributed by atoms with Gasteiger partial charge in [-0.25, -0.2) is 0 Å². The molecule has 0 fully saturated rings. The smallest absolute Gasteiger partial charge is 0.227 e. The fourth-order valence-corrected chi connectivity index (χ4v) is 1.50. The van der Waals surface area contributed by atoms with Crippen LogP contribution < -0.4 is 10.6 Å². The summed E-state index contributed by atoms with van der Waals surface area (Å²) in [5.74, 6) is 0.174. The van der Waals surface area contributed by atoms with Crippen LogP contribution in [0.5, 0.6) is 0 Å². The molecular weight excluding hydrogens is 516 g/mol. The fourth-order valence-electron chi connectivity index (χ4n) is 1.50. The van der Waals surface area contributed by atoms with E-state index >= 15 is 0 Å². The van der Waals surface area contributed by atoms with Gasteiger partial charge in [-0.1, -0.05) is 114 Å². The van der Waals surface area contributed by atoms with E-state index in [1.165, 1.54) is 34.1 Å². The summed E-state index contributed by atoms with van der Waals surface area (Å²) < 4.78 is 0. The summed E-state index contributed by atoms with van der Waals surface area (Å²) in [5.41, 5.74) is 0. The molecule has 0 aliphatic rings. The second-order valence-corrected chi connectivity index (χ2v) is 7.90. The number of amides is 2.